The van der Waals surface area contributed by atoms with Crippen LogP contribution in [0.4, 0.5) is 0 Å². The van der Waals surface area contributed by atoms with Crippen molar-refractivity contribution in [3.63, 3.8) is 0 Å². The first kappa shape index (κ1) is 19.2. The molecule has 1 aromatic rings. The van der Waals surface area contributed by atoms with Crippen LogP contribution < -0.4 is 0 Å². The molecule has 0 bridgehead atoms. The highest BCUT2D eigenvalue weighted by atomic mass is 14.3. The molecule has 0 fully saturated rings. The van der Waals surface area contributed by atoms with E-state index in [4.69, 9.17) is 0 Å². The Balaban J connectivity index is 0.00000172. The molecule has 116 valence electrons. The Labute approximate surface area is 128 Å². The monoisotopic (exact) mass is 276 g/mol. The zero-order chi connectivity index (χ0) is 16.3. The highest BCUT2D eigenvalue weighted by Crippen LogP contribution is 2.35. The quantitative estimate of drug-likeness (QED) is 0.533. The lowest BCUT2D eigenvalue weighted by Crippen LogP contribution is -2.19. The summed E-state index contributed by atoms with van der Waals surface area (Å²) in [6.45, 7) is 24.7. The molecule has 0 aliphatic carbocycles. The van der Waals surface area contributed by atoms with Crippen LogP contribution in [0.5, 0.6) is 0 Å². The van der Waals surface area contributed by atoms with Crippen molar-refractivity contribution in [3.8, 4) is 0 Å². The van der Waals surface area contributed by atoms with Crippen LogP contribution >= 0.6 is 0 Å². The third kappa shape index (κ3) is 4.65. The molecule has 0 saturated heterocycles. The molecule has 20 heavy (non-hydrogen) atoms. The van der Waals surface area contributed by atoms with Crippen LogP contribution in [0.1, 0.15) is 97.4 Å². The van der Waals surface area contributed by atoms with Crippen LogP contribution in [0.3, 0.4) is 0 Å². The zero-order valence-corrected chi connectivity index (χ0v) is 15.7. The zero-order valence-electron chi connectivity index (χ0n) is 15.7. The third-order valence-electron chi connectivity index (χ3n) is 3.74. The molecule has 0 unspecified atom stereocenters. The molecule has 0 atom stereocenters. The van der Waals surface area contributed by atoms with Gasteiger partial charge in [0.15, 0.2) is 0 Å². The average molecular weight is 277 g/mol. The maximum Gasteiger partial charge on any atom is -0.0129 e. The Bertz CT molecular complexity index is 423. The van der Waals surface area contributed by atoms with Gasteiger partial charge in [0.1, 0.15) is 0 Å². The van der Waals surface area contributed by atoms with Gasteiger partial charge in [-0.2, -0.15) is 0 Å². The smallest absolute Gasteiger partial charge is 0.0129 e. The van der Waals surface area contributed by atoms with Crippen LogP contribution in [0.15, 0.2) is 12.1 Å². The minimum absolute atomic E-state index is 0.217. The van der Waals surface area contributed by atoms with Crippen molar-refractivity contribution in [1.29, 1.82) is 0 Å². The molecule has 1 rings (SSSR count). The van der Waals surface area contributed by atoms with Crippen LogP contribution in [-0.2, 0) is 10.8 Å². The van der Waals surface area contributed by atoms with Gasteiger partial charge >= 0.3 is 0 Å². The molecule has 0 aliphatic rings. The normalized spacial score (nSPS) is 12.2. The standard InChI is InChI=1S/C18H30.C2H6/c1-12(2)15-10-14(17(4,5)6)11-16(13(15)3)18(7,8)9;1-2/h10-12H,1-9H3;1-2H3. The Morgan fingerprint density at radius 2 is 1.25 bits per heavy atom. The number of rotatable bonds is 1. The SMILES string of the molecule is CC.Cc1c(C(C)C)cc(C(C)(C)C)cc1C(C)(C)C. The first-order valence-electron chi connectivity index (χ1n) is 8.10. The Hall–Kier alpha value is -0.780. The van der Waals surface area contributed by atoms with Crippen molar-refractivity contribution in [1.82, 2.24) is 0 Å². The second-order valence-electron chi connectivity index (χ2n) is 7.89. The maximum atomic E-state index is 2.42. The predicted molar refractivity (Wildman–Crippen MR) is 94.0 cm³/mol. The molecule has 0 heterocycles. The summed E-state index contributed by atoms with van der Waals surface area (Å²) >= 11 is 0. The molecule has 0 spiro atoms. The van der Waals surface area contributed by atoms with Crippen molar-refractivity contribution in [2.75, 3.05) is 0 Å². The van der Waals surface area contributed by atoms with Crippen LogP contribution in [-0.4, -0.2) is 0 Å². The second-order valence-corrected chi connectivity index (χ2v) is 7.89. The van der Waals surface area contributed by atoms with Crippen molar-refractivity contribution in [2.45, 2.75) is 92.9 Å². The van der Waals surface area contributed by atoms with Gasteiger partial charge in [0.05, 0.1) is 0 Å². The minimum Gasteiger partial charge on any atom is -0.0683 e. The molecule has 0 radical (unpaired) electrons. The van der Waals surface area contributed by atoms with E-state index in [9.17, 15) is 0 Å². The van der Waals surface area contributed by atoms with Gasteiger partial charge in [-0.15, -0.1) is 0 Å². The first-order valence-corrected chi connectivity index (χ1v) is 8.10. The summed E-state index contributed by atoms with van der Waals surface area (Å²) in [5.74, 6) is 0.591. The molecular weight excluding hydrogens is 240 g/mol. The molecule has 0 heteroatoms. The van der Waals surface area contributed by atoms with Gasteiger partial charge in [0.2, 0.25) is 0 Å². The van der Waals surface area contributed by atoms with E-state index in [-0.39, 0.29) is 10.8 Å². The van der Waals surface area contributed by atoms with Crippen LogP contribution in [0.25, 0.3) is 0 Å². The third-order valence-corrected chi connectivity index (χ3v) is 3.74. The van der Waals surface area contributed by atoms with E-state index in [1.54, 1.807) is 0 Å². The fourth-order valence-electron chi connectivity index (χ4n) is 2.55. The number of hydrogen-bond acceptors (Lipinski definition) is 0. The fraction of sp³-hybridized carbons (Fsp3) is 0.700. The van der Waals surface area contributed by atoms with E-state index in [1.165, 1.54) is 22.3 Å². The summed E-state index contributed by atoms with van der Waals surface area (Å²) in [4.78, 5) is 0. The van der Waals surface area contributed by atoms with Crippen LogP contribution in [0, 0.1) is 6.92 Å². The number of benzene rings is 1. The maximum absolute atomic E-state index is 2.42. The van der Waals surface area contributed by atoms with Gasteiger partial charge in [-0.05, 0) is 45.9 Å². The average Bonchev–Trinajstić information content (AvgIpc) is 2.28. The van der Waals surface area contributed by atoms with E-state index in [0.717, 1.165) is 0 Å². The van der Waals surface area contributed by atoms with Gasteiger partial charge in [-0.1, -0.05) is 81.4 Å². The van der Waals surface area contributed by atoms with E-state index in [1.807, 2.05) is 13.8 Å². The summed E-state index contributed by atoms with van der Waals surface area (Å²) < 4.78 is 0. The molecule has 0 N–H and O–H groups in total. The van der Waals surface area contributed by atoms with E-state index in [0.29, 0.717) is 5.92 Å². The van der Waals surface area contributed by atoms with Gasteiger partial charge in [0.25, 0.3) is 0 Å². The summed E-state index contributed by atoms with van der Waals surface area (Å²) in [6.07, 6.45) is 0. The summed E-state index contributed by atoms with van der Waals surface area (Å²) in [7, 11) is 0. The molecule has 0 amide bonds. The van der Waals surface area contributed by atoms with Gasteiger partial charge in [0, 0.05) is 0 Å². The predicted octanol–water partition coefficient (Wildman–Crippen LogP) is 6.74. The summed E-state index contributed by atoms with van der Waals surface area (Å²) in [5.41, 5.74) is 6.38. The van der Waals surface area contributed by atoms with Crippen molar-refractivity contribution < 1.29 is 0 Å². The molecular formula is C20H36. The molecule has 0 saturated carbocycles. The lowest BCUT2D eigenvalue weighted by molar-refractivity contribution is 0.562. The minimum atomic E-state index is 0.217. The highest BCUT2D eigenvalue weighted by Gasteiger charge is 2.23. The van der Waals surface area contributed by atoms with Crippen molar-refractivity contribution in [2.24, 2.45) is 0 Å². The Kier molecular flexibility index (Phi) is 6.52. The molecule has 0 aromatic heterocycles. The lowest BCUT2D eigenvalue weighted by atomic mass is 9.76. The Morgan fingerprint density at radius 3 is 1.55 bits per heavy atom. The number of hydrogen-bond donors (Lipinski definition) is 0. The Morgan fingerprint density at radius 1 is 0.800 bits per heavy atom. The van der Waals surface area contributed by atoms with Crippen LogP contribution in [0.2, 0.25) is 0 Å². The van der Waals surface area contributed by atoms with Gasteiger partial charge in [-0.25, -0.2) is 0 Å². The second kappa shape index (κ2) is 6.78. The van der Waals surface area contributed by atoms with Gasteiger partial charge in [-0.3, -0.25) is 0 Å². The topological polar surface area (TPSA) is 0 Å². The molecule has 0 nitrogen and oxygen atoms in total. The van der Waals surface area contributed by atoms with Gasteiger partial charge < -0.3 is 0 Å². The summed E-state index contributed by atoms with van der Waals surface area (Å²) in [6, 6.07) is 4.83. The van der Waals surface area contributed by atoms with E-state index >= 15 is 0 Å². The molecule has 1 aromatic carbocycles. The van der Waals surface area contributed by atoms with E-state index in [2.05, 4.69) is 74.4 Å². The van der Waals surface area contributed by atoms with Crippen molar-refractivity contribution in [3.05, 3.63) is 34.4 Å². The van der Waals surface area contributed by atoms with Crippen molar-refractivity contribution >= 4 is 0 Å². The first-order chi connectivity index (χ1) is 8.94. The summed E-state index contributed by atoms with van der Waals surface area (Å²) in [5, 5.41) is 0. The lowest BCUT2D eigenvalue weighted by Gasteiger charge is -2.29. The molecule has 0 aliphatic heterocycles. The largest absolute Gasteiger partial charge is 0.0683 e. The highest BCUT2D eigenvalue weighted by molar-refractivity contribution is 5.45. The fourth-order valence-corrected chi connectivity index (χ4v) is 2.55. The van der Waals surface area contributed by atoms with E-state index < -0.39 is 0 Å².